The van der Waals surface area contributed by atoms with Gasteiger partial charge in [-0.2, -0.15) is 0 Å². The third-order valence-corrected chi connectivity index (χ3v) is 5.16. The van der Waals surface area contributed by atoms with Gasteiger partial charge in [-0.1, -0.05) is 6.07 Å². The average Bonchev–Trinajstić information content (AvgIpc) is 3.14. The van der Waals surface area contributed by atoms with Gasteiger partial charge in [0, 0.05) is 38.1 Å². The lowest BCUT2D eigenvalue weighted by atomic mass is 9.96. The number of rotatable bonds is 3. The molecule has 3 aliphatic rings. The zero-order chi connectivity index (χ0) is 15.1. The molecule has 0 aromatic heterocycles. The fourth-order valence-corrected chi connectivity index (χ4v) is 4.12. The van der Waals surface area contributed by atoms with Crippen LogP contribution in [0.1, 0.15) is 31.7 Å². The molecule has 0 aliphatic carbocycles. The highest BCUT2D eigenvalue weighted by Gasteiger charge is 2.42. The van der Waals surface area contributed by atoms with Gasteiger partial charge in [-0.3, -0.25) is 9.69 Å². The molecule has 1 amide bonds. The number of nitrogens with zero attached hydrogens (tertiary/aromatic N) is 2. The van der Waals surface area contributed by atoms with Crippen molar-refractivity contribution < 1.29 is 14.3 Å². The molecule has 2 fully saturated rings. The molecule has 2 saturated heterocycles. The number of fused-ring (bicyclic) bond motifs is 2. The highest BCUT2D eigenvalue weighted by Crippen LogP contribution is 2.35. The minimum absolute atomic E-state index is 0.320. The minimum atomic E-state index is 0.320. The molecule has 0 bridgehead atoms. The van der Waals surface area contributed by atoms with Crippen molar-refractivity contribution in [3.8, 4) is 11.5 Å². The van der Waals surface area contributed by atoms with Crippen molar-refractivity contribution in [3.63, 3.8) is 0 Å². The summed E-state index contributed by atoms with van der Waals surface area (Å²) < 4.78 is 10.8. The molecule has 1 aromatic carbocycles. The van der Waals surface area contributed by atoms with E-state index in [1.807, 2.05) is 6.07 Å². The van der Waals surface area contributed by atoms with Gasteiger partial charge in [0.1, 0.15) is 0 Å². The van der Waals surface area contributed by atoms with Gasteiger partial charge in [0.2, 0.25) is 12.7 Å². The number of carbonyl (C=O) groups excluding carboxylic acids is 1. The SMILES string of the molecule is CCN1C(=O)CCC2C1CCN2Cc1ccc2c(c1)OCO2. The summed E-state index contributed by atoms with van der Waals surface area (Å²) in [5.41, 5.74) is 1.25. The predicted octanol–water partition coefficient (Wildman–Crippen LogP) is 2.00. The van der Waals surface area contributed by atoms with Gasteiger partial charge >= 0.3 is 0 Å². The number of amides is 1. The van der Waals surface area contributed by atoms with Gasteiger partial charge in [-0.25, -0.2) is 0 Å². The van der Waals surface area contributed by atoms with Crippen LogP contribution >= 0.6 is 0 Å². The first-order valence-corrected chi connectivity index (χ1v) is 8.18. The fourth-order valence-electron chi connectivity index (χ4n) is 4.12. The van der Waals surface area contributed by atoms with E-state index in [4.69, 9.17) is 9.47 Å². The van der Waals surface area contributed by atoms with Gasteiger partial charge < -0.3 is 14.4 Å². The monoisotopic (exact) mass is 302 g/mol. The summed E-state index contributed by atoms with van der Waals surface area (Å²) >= 11 is 0. The molecule has 0 N–H and O–H groups in total. The van der Waals surface area contributed by atoms with Gasteiger partial charge in [0.25, 0.3) is 0 Å². The molecular formula is C17H22N2O3. The highest BCUT2D eigenvalue weighted by atomic mass is 16.7. The van der Waals surface area contributed by atoms with E-state index in [2.05, 4.69) is 28.9 Å². The first-order chi connectivity index (χ1) is 10.8. The van der Waals surface area contributed by atoms with Crippen LogP contribution < -0.4 is 9.47 Å². The van der Waals surface area contributed by atoms with Gasteiger partial charge in [-0.05, 0) is 37.5 Å². The molecule has 2 unspecified atom stereocenters. The summed E-state index contributed by atoms with van der Waals surface area (Å²) in [6.45, 7) is 5.22. The van der Waals surface area contributed by atoms with Crippen molar-refractivity contribution in [1.82, 2.24) is 9.80 Å². The maximum absolute atomic E-state index is 12.0. The van der Waals surface area contributed by atoms with E-state index in [9.17, 15) is 4.79 Å². The molecule has 3 heterocycles. The van der Waals surface area contributed by atoms with Crippen LogP contribution in [0, 0.1) is 0 Å². The van der Waals surface area contributed by atoms with Crippen molar-refractivity contribution >= 4 is 5.91 Å². The Labute approximate surface area is 130 Å². The van der Waals surface area contributed by atoms with E-state index in [0.29, 0.717) is 31.2 Å². The van der Waals surface area contributed by atoms with Crippen LogP contribution in [0.2, 0.25) is 0 Å². The molecule has 5 nitrogen and oxygen atoms in total. The van der Waals surface area contributed by atoms with Crippen LogP contribution in [-0.4, -0.2) is 47.7 Å². The summed E-state index contributed by atoms with van der Waals surface area (Å²) in [5.74, 6) is 2.01. The molecule has 22 heavy (non-hydrogen) atoms. The van der Waals surface area contributed by atoms with Crippen LogP contribution in [0.25, 0.3) is 0 Å². The van der Waals surface area contributed by atoms with Crippen molar-refractivity contribution in [2.45, 2.75) is 44.8 Å². The summed E-state index contributed by atoms with van der Waals surface area (Å²) in [7, 11) is 0. The average molecular weight is 302 g/mol. The Kier molecular flexibility index (Phi) is 3.45. The standard InChI is InChI=1S/C17H22N2O3/c1-2-19-14-7-8-18(13(14)4-6-17(19)20)10-12-3-5-15-16(9-12)22-11-21-15/h3,5,9,13-14H,2,4,6-8,10-11H2,1H3. The number of ether oxygens (including phenoxy) is 2. The maximum Gasteiger partial charge on any atom is 0.231 e. The zero-order valence-electron chi connectivity index (χ0n) is 13.0. The maximum atomic E-state index is 12.0. The lowest BCUT2D eigenvalue weighted by Gasteiger charge is -2.39. The van der Waals surface area contributed by atoms with E-state index in [0.717, 1.165) is 44.0 Å². The molecular weight excluding hydrogens is 280 g/mol. The highest BCUT2D eigenvalue weighted by molar-refractivity contribution is 5.77. The number of hydrogen-bond donors (Lipinski definition) is 0. The second-order valence-corrected chi connectivity index (χ2v) is 6.30. The molecule has 5 heteroatoms. The summed E-state index contributed by atoms with van der Waals surface area (Å²) in [4.78, 5) is 16.6. The van der Waals surface area contributed by atoms with Crippen molar-refractivity contribution in [1.29, 1.82) is 0 Å². The topological polar surface area (TPSA) is 42.0 Å². The van der Waals surface area contributed by atoms with Gasteiger partial charge in [0.05, 0.1) is 0 Å². The van der Waals surface area contributed by atoms with E-state index >= 15 is 0 Å². The van der Waals surface area contributed by atoms with Crippen LogP contribution in [-0.2, 0) is 11.3 Å². The lowest BCUT2D eigenvalue weighted by molar-refractivity contribution is -0.137. The van der Waals surface area contributed by atoms with Crippen LogP contribution in [0.5, 0.6) is 11.5 Å². The van der Waals surface area contributed by atoms with E-state index < -0.39 is 0 Å². The van der Waals surface area contributed by atoms with E-state index in [-0.39, 0.29) is 0 Å². The molecule has 4 rings (SSSR count). The van der Waals surface area contributed by atoms with Crippen LogP contribution in [0.3, 0.4) is 0 Å². The molecule has 118 valence electrons. The lowest BCUT2D eigenvalue weighted by Crippen LogP contribution is -2.51. The summed E-state index contributed by atoms with van der Waals surface area (Å²) in [6, 6.07) is 7.10. The van der Waals surface area contributed by atoms with Crippen LogP contribution in [0.4, 0.5) is 0 Å². The smallest absolute Gasteiger partial charge is 0.231 e. The van der Waals surface area contributed by atoms with Crippen molar-refractivity contribution in [3.05, 3.63) is 23.8 Å². The van der Waals surface area contributed by atoms with Crippen molar-refractivity contribution in [2.75, 3.05) is 19.9 Å². The Morgan fingerprint density at radius 2 is 2.05 bits per heavy atom. The molecule has 0 spiro atoms. The Balaban J connectivity index is 1.49. The first kappa shape index (κ1) is 13.9. The zero-order valence-corrected chi connectivity index (χ0v) is 13.0. The predicted molar refractivity (Wildman–Crippen MR) is 81.8 cm³/mol. The van der Waals surface area contributed by atoms with E-state index in [1.165, 1.54) is 5.56 Å². The number of piperidine rings is 1. The number of benzene rings is 1. The number of likely N-dealkylation sites (N-methyl/N-ethyl adjacent to an activating group) is 1. The molecule has 0 radical (unpaired) electrons. The number of hydrogen-bond acceptors (Lipinski definition) is 4. The number of likely N-dealkylation sites (tertiary alicyclic amines) is 2. The third kappa shape index (κ3) is 2.24. The minimum Gasteiger partial charge on any atom is -0.454 e. The molecule has 3 aliphatic heterocycles. The molecule has 1 aromatic rings. The summed E-state index contributed by atoms with van der Waals surface area (Å²) in [5, 5.41) is 0. The largest absolute Gasteiger partial charge is 0.454 e. The third-order valence-electron chi connectivity index (χ3n) is 5.16. The Morgan fingerprint density at radius 1 is 1.18 bits per heavy atom. The Hall–Kier alpha value is -1.75. The number of carbonyl (C=O) groups is 1. The molecule has 0 saturated carbocycles. The first-order valence-electron chi connectivity index (χ1n) is 8.18. The fraction of sp³-hybridized carbons (Fsp3) is 0.588. The van der Waals surface area contributed by atoms with E-state index in [1.54, 1.807) is 0 Å². The summed E-state index contributed by atoms with van der Waals surface area (Å²) in [6.07, 6.45) is 2.77. The van der Waals surface area contributed by atoms with Crippen LogP contribution in [0.15, 0.2) is 18.2 Å². The molecule has 2 atom stereocenters. The Morgan fingerprint density at radius 3 is 2.91 bits per heavy atom. The second kappa shape index (κ2) is 5.47. The second-order valence-electron chi connectivity index (χ2n) is 6.30. The normalized spacial score (nSPS) is 27.3. The quantitative estimate of drug-likeness (QED) is 0.856. The Bertz CT molecular complexity index is 589. The van der Waals surface area contributed by atoms with Crippen molar-refractivity contribution in [2.24, 2.45) is 0 Å². The van der Waals surface area contributed by atoms with Gasteiger partial charge in [0.15, 0.2) is 11.5 Å². The van der Waals surface area contributed by atoms with Gasteiger partial charge in [-0.15, -0.1) is 0 Å².